The minimum Gasteiger partial charge on any atom is -0.307 e. The predicted octanol–water partition coefficient (Wildman–Crippen LogP) is 4.11. The first-order valence-corrected chi connectivity index (χ1v) is 6.69. The van der Waals surface area contributed by atoms with E-state index < -0.39 is 0 Å². The molecule has 0 bridgehead atoms. The summed E-state index contributed by atoms with van der Waals surface area (Å²) in [6, 6.07) is 2.88. The van der Waals surface area contributed by atoms with Gasteiger partial charge in [0.15, 0.2) is 0 Å². The summed E-state index contributed by atoms with van der Waals surface area (Å²) < 4.78 is 27.3. The van der Waals surface area contributed by atoms with E-state index in [2.05, 4.69) is 12.2 Å². The van der Waals surface area contributed by atoms with Gasteiger partial charge in [-0.1, -0.05) is 6.92 Å². The largest absolute Gasteiger partial charge is 0.307 e. The highest BCUT2D eigenvalue weighted by Gasteiger charge is 2.24. The first kappa shape index (κ1) is 13.5. The van der Waals surface area contributed by atoms with Crippen LogP contribution in [0.2, 0.25) is 0 Å². The Morgan fingerprint density at radius 3 is 2.56 bits per heavy atom. The average molecular weight is 253 g/mol. The molecular weight excluding hydrogens is 232 g/mol. The topological polar surface area (TPSA) is 12.0 Å². The summed E-state index contributed by atoms with van der Waals surface area (Å²) in [7, 11) is 0. The quantitative estimate of drug-likeness (QED) is 0.854. The molecule has 0 aliphatic heterocycles. The molecule has 0 saturated heterocycles. The maximum Gasteiger partial charge on any atom is 0.128 e. The van der Waals surface area contributed by atoms with Crippen LogP contribution in [0.3, 0.4) is 0 Å². The Labute approximate surface area is 108 Å². The van der Waals surface area contributed by atoms with Crippen LogP contribution >= 0.6 is 0 Å². The monoisotopic (exact) mass is 253 g/mol. The van der Waals surface area contributed by atoms with Gasteiger partial charge in [0.25, 0.3) is 0 Å². The van der Waals surface area contributed by atoms with Gasteiger partial charge in [0.2, 0.25) is 0 Å². The molecule has 0 radical (unpaired) electrons. The van der Waals surface area contributed by atoms with Gasteiger partial charge >= 0.3 is 0 Å². The number of benzene rings is 1. The Morgan fingerprint density at radius 1 is 1.22 bits per heavy atom. The fraction of sp³-hybridized carbons (Fsp3) is 0.600. The summed E-state index contributed by atoms with van der Waals surface area (Å²) in [6.45, 7) is 5.72. The van der Waals surface area contributed by atoms with Crippen molar-refractivity contribution in [3.63, 3.8) is 0 Å². The van der Waals surface area contributed by atoms with Gasteiger partial charge in [-0.05, 0) is 56.7 Å². The molecule has 0 aromatic heterocycles. The minimum absolute atomic E-state index is 0.143. The van der Waals surface area contributed by atoms with Crippen molar-refractivity contribution in [2.75, 3.05) is 0 Å². The van der Waals surface area contributed by atoms with Crippen LogP contribution in [-0.4, -0.2) is 6.04 Å². The number of hydrogen-bond acceptors (Lipinski definition) is 1. The van der Waals surface area contributed by atoms with Crippen LogP contribution in [0, 0.1) is 24.5 Å². The Bertz CT molecular complexity index is 431. The number of nitrogens with one attached hydrogen (secondary N) is 1. The van der Waals surface area contributed by atoms with Crippen molar-refractivity contribution >= 4 is 0 Å². The van der Waals surface area contributed by atoms with E-state index in [1.807, 2.05) is 6.92 Å². The van der Waals surface area contributed by atoms with Gasteiger partial charge in [-0.2, -0.15) is 0 Å². The molecule has 1 aliphatic rings. The Morgan fingerprint density at radius 2 is 1.94 bits per heavy atom. The number of rotatable bonds is 3. The molecular formula is C15H21F2N. The standard InChI is InChI=1S/C15H21F2N/c1-9-4-5-12(6-9)18-11(3)13-8-14(16)10(2)7-15(13)17/h7-9,11-12,18H,4-6H2,1-3H3. The lowest BCUT2D eigenvalue weighted by molar-refractivity contribution is 0.434. The third kappa shape index (κ3) is 2.89. The molecule has 100 valence electrons. The Hall–Kier alpha value is -0.960. The molecule has 0 heterocycles. The maximum absolute atomic E-state index is 13.8. The lowest BCUT2D eigenvalue weighted by atomic mass is 10.0. The van der Waals surface area contributed by atoms with Crippen molar-refractivity contribution in [1.82, 2.24) is 5.32 Å². The normalized spacial score (nSPS) is 25.4. The van der Waals surface area contributed by atoms with Crippen LogP contribution in [0.15, 0.2) is 12.1 Å². The van der Waals surface area contributed by atoms with E-state index in [1.54, 1.807) is 6.92 Å². The summed E-state index contributed by atoms with van der Waals surface area (Å²) in [6.07, 6.45) is 3.47. The zero-order valence-corrected chi connectivity index (χ0v) is 11.3. The number of aryl methyl sites for hydroxylation is 1. The first-order valence-electron chi connectivity index (χ1n) is 6.69. The molecule has 0 amide bonds. The predicted molar refractivity (Wildman–Crippen MR) is 69.4 cm³/mol. The molecule has 3 heteroatoms. The number of halogens is 2. The van der Waals surface area contributed by atoms with E-state index in [0.717, 1.165) is 18.8 Å². The van der Waals surface area contributed by atoms with E-state index in [9.17, 15) is 8.78 Å². The summed E-state index contributed by atoms with van der Waals surface area (Å²) >= 11 is 0. The van der Waals surface area contributed by atoms with Crippen molar-refractivity contribution < 1.29 is 8.78 Å². The molecule has 3 atom stereocenters. The first-order chi connectivity index (χ1) is 8.47. The molecule has 2 rings (SSSR count). The van der Waals surface area contributed by atoms with Gasteiger partial charge in [-0.15, -0.1) is 0 Å². The molecule has 18 heavy (non-hydrogen) atoms. The SMILES string of the molecule is Cc1cc(F)c(C(C)NC2CCC(C)C2)cc1F. The van der Waals surface area contributed by atoms with Crippen LogP contribution in [0.1, 0.15) is 50.3 Å². The number of hydrogen-bond donors (Lipinski definition) is 1. The third-order valence-corrected chi connectivity index (χ3v) is 3.92. The highest BCUT2D eigenvalue weighted by Crippen LogP contribution is 2.28. The second-order valence-electron chi connectivity index (χ2n) is 5.63. The van der Waals surface area contributed by atoms with Crippen molar-refractivity contribution in [2.24, 2.45) is 5.92 Å². The van der Waals surface area contributed by atoms with Crippen molar-refractivity contribution in [3.05, 3.63) is 34.9 Å². The van der Waals surface area contributed by atoms with Crippen LogP contribution in [0.4, 0.5) is 8.78 Å². The van der Waals surface area contributed by atoms with Gasteiger partial charge in [-0.3, -0.25) is 0 Å². The lowest BCUT2D eigenvalue weighted by Gasteiger charge is -2.20. The maximum atomic E-state index is 13.8. The third-order valence-electron chi connectivity index (χ3n) is 3.92. The minimum atomic E-state index is -0.333. The van der Waals surface area contributed by atoms with E-state index in [4.69, 9.17) is 0 Å². The molecule has 1 aliphatic carbocycles. The Balaban J connectivity index is 2.09. The second-order valence-corrected chi connectivity index (χ2v) is 5.63. The van der Waals surface area contributed by atoms with Crippen molar-refractivity contribution in [3.8, 4) is 0 Å². The smallest absolute Gasteiger partial charge is 0.128 e. The second kappa shape index (κ2) is 5.35. The molecule has 1 saturated carbocycles. The molecule has 1 aromatic carbocycles. The Kier molecular flexibility index (Phi) is 4.00. The zero-order valence-electron chi connectivity index (χ0n) is 11.3. The van der Waals surface area contributed by atoms with Crippen LogP contribution in [0.5, 0.6) is 0 Å². The summed E-state index contributed by atoms with van der Waals surface area (Å²) in [4.78, 5) is 0. The lowest BCUT2D eigenvalue weighted by Crippen LogP contribution is -2.29. The summed E-state index contributed by atoms with van der Waals surface area (Å²) in [5.41, 5.74) is 0.788. The van der Waals surface area contributed by atoms with E-state index in [1.165, 1.54) is 18.6 Å². The molecule has 1 nitrogen and oxygen atoms in total. The van der Waals surface area contributed by atoms with E-state index in [0.29, 0.717) is 17.2 Å². The average Bonchev–Trinajstić information content (AvgIpc) is 2.69. The highest BCUT2D eigenvalue weighted by molar-refractivity contribution is 5.27. The molecule has 1 fully saturated rings. The van der Waals surface area contributed by atoms with Crippen molar-refractivity contribution in [1.29, 1.82) is 0 Å². The summed E-state index contributed by atoms with van der Waals surface area (Å²) in [5.74, 6) is 0.0779. The fourth-order valence-electron chi connectivity index (χ4n) is 2.80. The zero-order chi connectivity index (χ0) is 13.3. The van der Waals surface area contributed by atoms with Gasteiger partial charge in [-0.25, -0.2) is 8.78 Å². The molecule has 1 aromatic rings. The van der Waals surface area contributed by atoms with E-state index >= 15 is 0 Å². The van der Waals surface area contributed by atoms with Crippen LogP contribution < -0.4 is 5.32 Å². The molecule has 1 N–H and O–H groups in total. The van der Waals surface area contributed by atoms with E-state index in [-0.39, 0.29) is 17.7 Å². The van der Waals surface area contributed by atoms with Crippen LogP contribution in [-0.2, 0) is 0 Å². The molecule has 3 unspecified atom stereocenters. The fourth-order valence-corrected chi connectivity index (χ4v) is 2.80. The molecule has 0 spiro atoms. The van der Waals surface area contributed by atoms with Gasteiger partial charge in [0, 0.05) is 17.6 Å². The summed E-state index contributed by atoms with van der Waals surface area (Å²) in [5, 5.41) is 3.41. The van der Waals surface area contributed by atoms with Crippen LogP contribution in [0.25, 0.3) is 0 Å². The van der Waals surface area contributed by atoms with Gasteiger partial charge in [0.05, 0.1) is 0 Å². The van der Waals surface area contributed by atoms with Gasteiger partial charge < -0.3 is 5.32 Å². The van der Waals surface area contributed by atoms with Gasteiger partial charge in [0.1, 0.15) is 11.6 Å². The van der Waals surface area contributed by atoms with Crippen molar-refractivity contribution in [2.45, 2.75) is 52.1 Å². The highest BCUT2D eigenvalue weighted by atomic mass is 19.1.